The van der Waals surface area contributed by atoms with E-state index in [9.17, 15) is 4.79 Å². The van der Waals surface area contributed by atoms with E-state index in [1.807, 2.05) is 43.4 Å². The van der Waals surface area contributed by atoms with E-state index in [-0.39, 0.29) is 5.91 Å². The highest BCUT2D eigenvalue weighted by molar-refractivity contribution is 5.95. The van der Waals surface area contributed by atoms with Crippen molar-refractivity contribution in [1.82, 2.24) is 14.9 Å². The van der Waals surface area contributed by atoms with Crippen LogP contribution >= 0.6 is 0 Å². The molecule has 140 valence electrons. The van der Waals surface area contributed by atoms with Crippen molar-refractivity contribution in [3.05, 3.63) is 46.9 Å². The third-order valence-corrected chi connectivity index (χ3v) is 5.39. The zero-order valence-electron chi connectivity index (χ0n) is 16.4. The number of amides is 1. The van der Waals surface area contributed by atoms with Gasteiger partial charge in [-0.15, -0.1) is 0 Å². The van der Waals surface area contributed by atoms with Gasteiger partial charge in [0.05, 0.1) is 5.56 Å². The average molecular weight is 354 g/mol. The number of hydrogen-bond acceptors (Lipinski definition) is 3. The predicted molar refractivity (Wildman–Crippen MR) is 106 cm³/mol. The van der Waals surface area contributed by atoms with Gasteiger partial charge in [-0.05, 0) is 44.4 Å². The number of hydrogen-bond donors (Lipinski definition) is 1. The Kier molecular flexibility index (Phi) is 5.64. The van der Waals surface area contributed by atoms with Crippen LogP contribution in [0.4, 0.5) is 5.82 Å². The molecule has 5 nitrogen and oxygen atoms in total. The molecule has 0 atom stereocenters. The average Bonchev–Trinajstić information content (AvgIpc) is 2.95. The van der Waals surface area contributed by atoms with Crippen LogP contribution in [-0.2, 0) is 6.54 Å². The number of carbonyl (C=O) groups is 1. The van der Waals surface area contributed by atoms with E-state index in [1.54, 1.807) is 0 Å². The van der Waals surface area contributed by atoms with Crippen LogP contribution in [0.1, 0.15) is 65.5 Å². The lowest BCUT2D eigenvalue weighted by molar-refractivity contribution is 0.0950. The monoisotopic (exact) mass is 354 g/mol. The van der Waals surface area contributed by atoms with Crippen molar-refractivity contribution >= 4 is 11.7 Å². The number of carbonyl (C=O) groups excluding carboxylic acids is 1. The van der Waals surface area contributed by atoms with Crippen LogP contribution in [0.15, 0.2) is 24.4 Å². The number of nitrogens with one attached hydrogen (secondary N) is 1. The first-order valence-electron chi connectivity index (χ1n) is 9.56. The molecule has 0 unspecified atom stereocenters. The van der Waals surface area contributed by atoms with Gasteiger partial charge in [0, 0.05) is 44.3 Å². The van der Waals surface area contributed by atoms with Crippen molar-refractivity contribution in [2.45, 2.75) is 58.5 Å². The summed E-state index contributed by atoms with van der Waals surface area (Å²) in [4.78, 5) is 19.1. The summed E-state index contributed by atoms with van der Waals surface area (Å²) in [6, 6.07) is 6.56. The lowest BCUT2D eigenvalue weighted by Crippen LogP contribution is -2.24. The fourth-order valence-electron chi connectivity index (χ4n) is 3.97. The highest BCUT2D eigenvalue weighted by Gasteiger charge is 2.22. The highest BCUT2D eigenvalue weighted by atomic mass is 16.1. The largest absolute Gasteiger partial charge is 0.363 e. The van der Waals surface area contributed by atoms with E-state index >= 15 is 0 Å². The van der Waals surface area contributed by atoms with E-state index in [0.717, 1.165) is 22.6 Å². The third-order valence-electron chi connectivity index (χ3n) is 5.39. The van der Waals surface area contributed by atoms with Gasteiger partial charge in [-0.25, -0.2) is 4.98 Å². The molecule has 1 aliphatic carbocycles. The van der Waals surface area contributed by atoms with E-state index in [4.69, 9.17) is 0 Å². The Morgan fingerprint density at radius 3 is 2.58 bits per heavy atom. The number of nitrogens with zero attached hydrogens (tertiary/aromatic N) is 3. The first-order valence-corrected chi connectivity index (χ1v) is 9.56. The molecule has 0 radical (unpaired) electrons. The molecule has 1 aliphatic rings. The van der Waals surface area contributed by atoms with Gasteiger partial charge < -0.3 is 14.8 Å². The van der Waals surface area contributed by atoms with Crippen LogP contribution in [-0.4, -0.2) is 29.6 Å². The molecule has 0 bridgehead atoms. The lowest BCUT2D eigenvalue weighted by atomic mass is 9.95. The minimum atomic E-state index is -0.00292. The molecule has 0 saturated heterocycles. The first kappa shape index (κ1) is 18.5. The zero-order valence-corrected chi connectivity index (χ0v) is 16.4. The summed E-state index contributed by atoms with van der Waals surface area (Å²) in [6.07, 6.45) is 8.19. The summed E-state index contributed by atoms with van der Waals surface area (Å²) in [7, 11) is 3.93. The van der Waals surface area contributed by atoms with Gasteiger partial charge in [0.25, 0.3) is 5.91 Å². The van der Waals surface area contributed by atoms with E-state index in [0.29, 0.717) is 12.6 Å². The van der Waals surface area contributed by atoms with Gasteiger partial charge in [-0.2, -0.15) is 0 Å². The fourth-order valence-corrected chi connectivity index (χ4v) is 3.97. The zero-order chi connectivity index (χ0) is 18.7. The van der Waals surface area contributed by atoms with E-state index in [1.165, 1.54) is 37.8 Å². The van der Waals surface area contributed by atoms with Gasteiger partial charge in [-0.3, -0.25) is 4.79 Å². The highest BCUT2D eigenvalue weighted by Crippen LogP contribution is 2.32. The van der Waals surface area contributed by atoms with Crippen LogP contribution in [0, 0.1) is 13.8 Å². The Balaban J connectivity index is 1.68. The van der Waals surface area contributed by atoms with Crippen molar-refractivity contribution in [3.63, 3.8) is 0 Å². The predicted octanol–water partition coefficient (Wildman–Crippen LogP) is 4.00. The maximum atomic E-state index is 12.7. The molecule has 1 amide bonds. The number of pyridine rings is 1. The van der Waals surface area contributed by atoms with Crippen LogP contribution in [0.25, 0.3) is 0 Å². The smallest absolute Gasteiger partial charge is 0.253 e. The number of rotatable bonds is 5. The second kappa shape index (κ2) is 7.94. The number of anilines is 1. The van der Waals surface area contributed by atoms with Gasteiger partial charge in [0.15, 0.2) is 0 Å². The third kappa shape index (κ3) is 3.92. The Hall–Kier alpha value is -2.30. The SMILES string of the molecule is Cc1cc(C(=O)NCc2ccc(N(C)C)nc2)c(C)n1C1CCCCC1. The second-order valence-electron chi connectivity index (χ2n) is 7.55. The summed E-state index contributed by atoms with van der Waals surface area (Å²) >= 11 is 0. The summed E-state index contributed by atoms with van der Waals surface area (Å²) in [6.45, 7) is 4.68. The Morgan fingerprint density at radius 2 is 1.96 bits per heavy atom. The Bertz CT molecular complexity index is 755. The van der Waals surface area contributed by atoms with Crippen LogP contribution in [0.5, 0.6) is 0 Å². The lowest BCUT2D eigenvalue weighted by Gasteiger charge is -2.26. The molecule has 2 heterocycles. The molecule has 0 aliphatic heterocycles. The Labute approximate surface area is 156 Å². The molecule has 1 N–H and O–H groups in total. The second-order valence-corrected chi connectivity index (χ2v) is 7.55. The van der Waals surface area contributed by atoms with Crippen LogP contribution in [0.2, 0.25) is 0 Å². The molecular weight excluding hydrogens is 324 g/mol. The maximum absolute atomic E-state index is 12.7. The number of aromatic nitrogens is 2. The summed E-state index contributed by atoms with van der Waals surface area (Å²) in [5.41, 5.74) is 4.08. The van der Waals surface area contributed by atoms with Gasteiger partial charge in [0.2, 0.25) is 0 Å². The van der Waals surface area contributed by atoms with Crippen molar-refractivity contribution in [3.8, 4) is 0 Å². The molecule has 1 fully saturated rings. The Morgan fingerprint density at radius 1 is 1.23 bits per heavy atom. The standard InChI is InChI=1S/C21H30N4O/c1-15-12-19(16(2)25(15)18-8-6-5-7-9-18)21(26)23-14-17-10-11-20(22-13-17)24(3)4/h10-13,18H,5-9,14H2,1-4H3,(H,23,26). The molecule has 3 rings (SSSR count). The normalized spacial score (nSPS) is 15.1. The van der Waals surface area contributed by atoms with E-state index in [2.05, 4.69) is 28.7 Å². The van der Waals surface area contributed by atoms with Crippen LogP contribution in [0.3, 0.4) is 0 Å². The van der Waals surface area contributed by atoms with Gasteiger partial charge in [-0.1, -0.05) is 25.3 Å². The molecule has 2 aromatic rings. The van der Waals surface area contributed by atoms with Gasteiger partial charge >= 0.3 is 0 Å². The summed E-state index contributed by atoms with van der Waals surface area (Å²) in [5.74, 6) is 0.910. The van der Waals surface area contributed by atoms with Crippen molar-refractivity contribution in [2.24, 2.45) is 0 Å². The molecule has 26 heavy (non-hydrogen) atoms. The van der Waals surface area contributed by atoms with Crippen molar-refractivity contribution in [2.75, 3.05) is 19.0 Å². The topological polar surface area (TPSA) is 50.2 Å². The molecule has 5 heteroatoms. The molecule has 1 saturated carbocycles. The molecular formula is C21H30N4O. The minimum absolute atomic E-state index is 0.00292. The first-order chi connectivity index (χ1) is 12.5. The fraction of sp³-hybridized carbons (Fsp3) is 0.524. The van der Waals surface area contributed by atoms with Crippen LogP contribution < -0.4 is 10.2 Å². The summed E-state index contributed by atoms with van der Waals surface area (Å²) in [5, 5.41) is 3.04. The van der Waals surface area contributed by atoms with Gasteiger partial charge in [0.1, 0.15) is 5.82 Å². The van der Waals surface area contributed by atoms with Crippen molar-refractivity contribution < 1.29 is 4.79 Å². The molecule has 2 aromatic heterocycles. The minimum Gasteiger partial charge on any atom is -0.363 e. The van der Waals surface area contributed by atoms with Crippen molar-refractivity contribution in [1.29, 1.82) is 0 Å². The number of aryl methyl sites for hydroxylation is 1. The van der Waals surface area contributed by atoms with E-state index < -0.39 is 0 Å². The molecule has 0 spiro atoms. The quantitative estimate of drug-likeness (QED) is 0.883. The molecule has 0 aromatic carbocycles. The summed E-state index contributed by atoms with van der Waals surface area (Å²) < 4.78 is 2.38. The maximum Gasteiger partial charge on any atom is 0.253 e.